The lowest BCUT2D eigenvalue weighted by Gasteiger charge is -2.15. The lowest BCUT2D eigenvalue weighted by Crippen LogP contribution is -2.12. The molecule has 30 heavy (non-hydrogen) atoms. The zero-order valence-electron chi connectivity index (χ0n) is 14.6. The standard InChI is InChI=1S/C18H9ClF6N4O/c19-13-2-1-10(16-14(7-26)27-29-28-16)5-15(13)30-8-9-3-11(17(20,21)22)6-12(4-9)18(23,24)25/h1-6H,8H2,(H,27,28,29). The third-order valence-electron chi connectivity index (χ3n) is 3.91. The summed E-state index contributed by atoms with van der Waals surface area (Å²) >= 11 is 6.01. The van der Waals surface area contributed by atoms with Crippen LogP contribution in [0.2, 0.25) is 5.02 Å². The van der Waals surface area contributed by atoms with Gasteiger partial charge in [0.05, 0.1) is 16.1 Å². The van der Waals surface area contributed by atoms with Gasteiger partial charge in [0.25, 0.3) is 0 Å². The van der Waals surface area contributed by atoms with Gasteiger partial charge >= 0.3 is 12.4 Å². The second-order valence-corrected chi connectivity index (χ2v) is 6.40. The van der Waals surface area contributed by atoms with Crippen molar-refractivity contribution in [3.05, 3.63) is 63.8 Å². The lowest BCUT2D eigenvalue weighted by molar-refractivity contribution is -0.143. The second kappa shape index (κ2) is 7.87. The molecule has 0 saturated heterocycles. The van der Waals surface area contributed by atoms with Crippen LogP contribution < -0.4 is 4.74 Å². The molecule has 0 unspecified atom stereocenters. The minimum atomic E-state index is -4.96. The van der Waals surface area contributed by atoms with Crippen molar-refractivity contribution in [1.82, 2.24) is 15.4 Å². The summed E-state index contributed by atoms with van der Waals surface area (Å²) in [7, 11) is 0. The van der Waals surface area contributed by atoms with Gasteiger partial charge < -0.3 is 4.74 Å². The molecule has 3 aromatic rings. The molecule has 0 aliphatic rings. The molecule has 1 heterocycles. The fraction of sp³-hybridized carbons (Fsp3) is 0.167. The van der Waals surface area contributed by atoms with Gasteiger partial charge in [-0.05, 0) is 35.9 Å². The van der Waals surface area contributed by atoms with Crippen molar-refractivity contribution in [2.24, 2.45) is 0 Å². The summed E-state index contributed by atoms with van der Waals surface area (Å²) in [4.78, 5) is 0. The summed E-state index contributed by atoms with van der Waals surface area (Å²) in [5, 5.41) is 18.7. The van der Waals surface area contributed by atoms with Crippen LogP contribution in [0.1, 0.15) is 22.4 Å². The number of hydrogen-bond acceptors (Lipinski definition) is 4. The fourth-order valence-corrected chi connectivity index (χ4v) is 2.71. The van der Waals surface area contributed by atoms with E-state index in [1.807, 2.05) is 6.07 Å². The summed E-state index contributed by atoms with van der Waals surface area (Å²) in [6.07, 6.45) is -9.93. The van der Waals surface area contributed by atoms with Gasteiger partial charge in [0.2, 0.25) is 0 Å². The maximum absolute atomic E-state index is 13.0. The molecule has 0 amide bonds. The van der Waals surface area contributed by atoms with Crippen LogP contribution in [0, 0.1) is 11.3 Å². The van der Waals surface area contributed by atoms with E-state index in [1.165, 1.54) is 18.2 Å². The Morgan fingerprint density at radius 1 is 1.00 bits per heavy atom. The van der Waals surface area contributed by atoms with E-state index in [4.69, 9.17) is 21.6 Å². The van der Waals surface area contributed by atoms with Gasteiger partial charge in [0.1, 0.15) is 24.1 Å². The van der Waals surface area contributed by atoms with Crippen LogP contribution in [-0.2, 0) is 19.0 Å². The van der Waals surface area contributed by atoms with E-state index in [0.29, 0.717) is 17.7 Å². The van der Waals surface area contributed by atoms with E-state index in [1.54, 1.807) is 0 Å². The van der Waals surface area contributed by atoms with Crippen LogP contribution in [0.4, 0.5) is 26.3 Å². The minimum Gasteiger partial charge on any atom is -0.487 e. The van der Waals surface area contributed by atoms with Crippen LogP contribution >= 0.6 is 11.6 Å². The molecule has 3 rings (SSSR count). The number of nitrogens with zero attached hydrogens (tertiary/aromatic N) is 3. The van der Waals surface area contributed by atoms with Gasteiger partial charge in [-0.2, -0.15) is 31.6 Å². The molecule has 0 aliphatic heterocycles. The van der Waals surface area contributed by atoms with Crippen molar-refractivity contribution in [3.8, 4) is 23.1 Å². The molecule has 0 aliphatic carbocycles. The van der Waals surface area contributed by atoms with Crippen molar-refractivity contribution in [1.29, 1.82) is 5.26 Å². The normalized spacial score (nSPS) is 11.9. The number of nitrogens with one attached hydrogen (secondary N) is 1. The first-order valence-electron chi connectivity index (χ1n) is 8.01. The highest BCUT2D eigenvalue weighted by Crippen LogP contribution is 2.37. The zero-order valence-corrected chi connectivity index (χ0v) is 15.3. The first-order chi connectivity index (χ1) is 14.0. The largest absolute Gasteiger partial charge is 0.487 e. The maximum atomic E-state index is 13.0. The van der Waals surface area contributed by atoms with Crippen molar-refractivity contribution in [2.45, 2.75) is 19.0 Å². The predicted molar refractivity (Wildman–Crippen MR) is 92.3 cm³/mol. The van der Waals surface area contributed by atoms with E-state index in [0.717, 1.165) is 0 Å². The molecule has 1 aromatic heterocycles. The molecule has 0 atom stereocenters. The Balaban J connectivity index is 1.92. The Hall–Kier alpha value is -3.26. The van der Waals surface area contributed by atoms with Gasteiger partial charge in [0.15, 0.2) is 5.69 Å². The monoisotopic (exact) mass is 446 g/mol. The van der Waals surface area contributed by atoms with Crippen LogP contribution in [0.25, 0.3) is 11.3 Å². The van der Waals surface area contributed by atoms with Crippen LogP contribution in [-0.4, -0.2) is 15.4 Å². The average Bonchev–Trinajstić information content (AvgIpc) is 3.14. The number of rotatable bonds is 4. The predicted octanol–water partition coefficient (Wildman–Crippen LogP) is 5.61. The first kappa shape index (κ1) is 21.4. The molecule has 5 nitrogen and oxygen atoms in total. The number of alkyl halides is 6. The Morgan fingerprint density at radius 2 is 1.63 bits per heavy atom. The highest BCUT2D eigenvalue weighted by Gasteiger charge is 2.36. The number of hydrogen-bond donors (Lipinski definition) is 1. The fourth-order valence-electron chi connectivity index (χ4n) is 2.53. The van der Waals surface area contributed by atoms with Gasteiger partial charge in [-0.15, -0.1) is 5.10 Å². The Bertz CT molecular complexity index is 1080. The van der Waals surface area contributed by atoms with Gasteiger partial charge in [0, 0.05) is 5.56 Å². The molecule has 1 N–H and O–H groups in total. The van der Waals surface area contributed by atoms with E-state index in [2.05, 4.69) is 15.4 Å². The molecule has 0 radical (unpaired) electrons. The number of H-pyrrole nitrogens is 1. The molecule has 156 valence electrons. The van der Waals surface area contributed by atoms with E-state index < -0.39 is 30.1 Å². The second-order valence-electron chi connectivity index (χ2n) is 6.00. The SMILES string of the molecule is N#Cc1[nH]nnc1-c1ccc(Cl)c(OCc2cc(C(F)(F)F)cc(C(F)(F)F)c2)c1. The van der Waals surface area contributed by atoms with E-state index in [-0.39, 0.29) is 33.8 Å². The maximum Gasteiger partial charge on any atom is 0.416 e. The van der Waals surface area contributed by atoms with Crippen LogP contribution in [0.5, 0.6) is 5.75 Å². The van der Waals surface area contributed by atoms with Gasteiger partial charge in [-0.1, -0.05) is 22.9 Å². The highest BCUT2D eigenvalue weighted by atomic mass is 35.5. The number of aromatic amines is 1. The molecule has 0 bridgehead atoms. The summed E-state index contributed by atoms with van der Waals surface area (Å²) in [5.41, 5.74) is -2.65. The summed E-state index contributed by atoms with van der Waals surface area (Å²) in [6.45, 7) is -0.611. The molecule has 0 fully saturated rings. The van der Waals surface area contributed by atoms with Crippen molar-refractivity contribution in [2.75, 3.05) is 0 Å². The van der Waals surface area contributed by atoms with E-state index >= 15 is 0 Å². The van der Waals surface area contributed by atoms with Gasteiger partial charge in [-0.25, -0.2) is 5.10 Å². The van der Waals surface area contributed by atoms with E-state index in [9.17, 15) is 26.3 Å². The number of benzene rings is 2. The van der Waals surface area contributed by atoms with Crippen LogP contribution in [0.3, 0.4) is 0 Å². The average molecular weight is 447 g/mol. The lowest BCUT2D eigenvalue weighted by atomic mass is 10.1. The van der Waals surface area contributed by atoms with Crippen LogP contribution in [0.15, 0.2) is 36.4 Å². The third kappa shape index (κ3) is 4.65. The highest BCUT2D eigenvalue weighted by molar-refractivity contribution is 6.32. The quantitative estimate of drug-likeness (QED) is 0.528. The molecule has 0 spiro atoms. The topological polar surface area (TPSA) is 74.6 Å². The molecule has 2 aromatic carbocycles. The Kier molecular flexibility index (Phi) is 5.63. The zero-order chi connectivity index (χ0) is 22.1. The first-order valence-corrected chi connectivity index (χ1v) is 8.39. The number of nitriles is 1. The Morgan fingerprint density at radius 3 is 2.20 bits per heavy atom. The van der Waals surface area contributed by atoms with Crippen molar-refractivity contribution >= 4 is 11.6 Å². The Labute approximate surface area is 169 Å². The molecule has 0 saturated carbocycles. The smallest absolute Gasteiger partial charge is 0.416 e. The summed E-state index contributed by atoms with van der Waals surface area (Å²) < 4.78 is 83.2. The van der Waals surface area contributed by atoms with Crippen molar-refractivity contribution < 1.29 is 31.1 Å². The number of ether oxygens (including phenoxy) is 1. The molecular weight excluding hydrogens is 438 g/mol. The third-order valence-corrected chi connectivity index (χ3v) is 4.22. The summed E-state index contributed by atoms with van der Waals surface area (Å²) in [6, 6.07) is 7.24. The molecule has 12 heteroatoms. The summed E-state index contributed by atoms with van der Waals surface area (Å²) in [5.74, 6) is -0.0213. The number of halogens is 7. The van der Waals surface area contributed by atoms with Gasteiger partial charge in [-0.3, -0.25) is 0 Å². The minimum absolute atomic E-state index is 0.0213. The number of aromatic nitrogens is 3. The van der Waals surface area contributed by atoms with Crippen molar-refractivity contribution in [3.63, 3.8) is 0 Å². The molecular formula is C18H9ClF6N4O.